The molecule has 0 heterocycles. The molecule has 1 N–H and O–H groups in total. The molecule has 20 heavy (non-hydrogen) atoms. The third-order valence-corrected chi connectivity index (χ3v) is 2.97. The Bertz CT molecular complexity index is 685. The normalized spacial score (nSPS) is 10.2. The van der Waals surface area contributed by atoms with Gasteiger partial charge in [-0.05, 0) is 37.3 Å². The van der Waals surface area contributed by atoms with Gasteiger partial charge in [-0.3, -0.25) is 9.59 Å². The molecular formula is C15H11ClFNO2. The summed E-state index contributed by atoms with van der Waals surface area (Å²) in [6.45, 7) is 1.40. The number of anilines is 1. The summed E-state index contributed by atoms with van der Waals surface area (Å²) >= 11 is 5.63. The molecular weight excluding hydrogens is 281 g/mol. The Morgan fingerprint density at radius 2 is 1.80 bits per heavy atom. The van der Waals surface area contributed by atoms with Crippen LogP contribution in [0.3, 0.4) is 0 Å². The van der Waals surface area contributed by atoms with Gasteiger partial charge in [0.2, 0.25) is 0 Å². The average Bonchev–Trinajstić information content (AvgIpc) is 2.38. The lowest BCUT2D eigenvalue weighted by molar-refractivity contribution is 0.101. The van der Waals surface area contributed by atoms with Gasteiger partial charge in [0.25, 0.3) is 5.91 Å². The van der Waals surface area contributed by atoms with E-state index in [1.54, 1.807) is 24.3 Å². The number of benzene rings is 2. The van der Waals surface area contributed by atoms with Gasteiger partial charge < -0.3 is 5.32 Å². The van der Waals surface area contributed by atoms with Crippen molar-refractivity contribution in [1.82, 2.24) is 0 Å². The zero-order chi connectivity index (χ0) is 14.7. The minimum atomic E-state index is -0.713. The van der Waals surface area contributed by atoms with Crippen molar-refractivity contribution in [3.63, 3.8) is 0 Å². The van der Waals surface area contributed by atoms with E-state index in [0.717, 1.165) is 6.07 Å². The summed E-state index contributed by atoms with van der Waals surface area (Å²) in [5.41, 5.74) is 0.585. The van der Waals surface area contributed by atoms with Gasteiger partial charge in [0.1, 0.15) is 5.82 Å². The Hall–Kier alpha value is -2.20. The highest BCUT2D eigenvalue weighted by atomic mass is 35.5. The van der Waals surface area contributed by atoms with Crippen molar-refractivity contribution >= 4 is 29.0 Å². The molecule has 1 amide bonds. The number of rotatable bonds is 3. The maximum atomic E-state index is 13.7. The van der Waals surface area contributed by atoms with Crippen molar-refractivity contribution in [2.75, 3.05) is 5.32 Å². The Labute approximate surface area is 120 Å². The first-order chi connectivity index (χ1) is 9.49. The smallest absolute Gasteiger partial charge is 0.258 e. The minimum Gasteiger partial charge on any atom is -0.321 e. The molecule has 0 unspecified atom stereocenters. The summed E-state index contributed by atoms with van der Waals surface area (Å²) in [6, 6.07) is 10.3. The van der Waals surface area contributed by atoms with Crippen molar-refractivity contribution in [2.45, 2.75) is 6.92 Å². The molecule has 0 aliphatic rings. The second-order valence-corrected chi connectivity index (χ2v) is 4.62. The van der Waals surface area contributed by atoms with Gasteiger partial charge in [-0.2, -0.15) is 0 Å². The maximum Gasteiger partial charge on any atom is 0.258 e. The maximum absolute atomic E-state index is 13.7. The summed E-state index contributed by atoms with van der Waals surface area (Å²) in [7, 11) is 0. The van der Waals surface area contributed by atoms with Gasteiger partial charge in [-0.1, -0.05) is 23.7 Å². The number of hydrogen-bond donors (Lipinski definition) is 1. The number of nitrogens with one attached hydrogen (secondary N) is 1. The van der Waals surface area contributed by atoms with Crippen LogP contribution in [0.5, 0.6) is 0 Å². The number of para-hydroxylation sites is 1. The van der Waals surface area contributed by atoms with Crippen molar-refractivity contribution in [1.29, 1.82) is 0 Å². The molecule has 3 nitrogen and oxygen atoms in total. The van der Waals surface area contributed by atoms with Crippen LogP contribution >= 0.6 is 11.6 Å². The van der Waals surface area contributed by atoms with Crippen LogP contribution < -0.4 is 5.32 Å². The molecule has 0 saturated heterocycles. The fourth-order valence-corrected chi connectivity index (χ4v) is 1.92. The van der Waals surface area contributed by atoms with Crippen LogP contribution in [0.15, 0.2) is 42.5 Å². The van der Waals surface area contributed by atoms with Crippen molar-refractivity contribution in [3.8, 4) is 0 Å². The van der Waals surface area contributed by atoms with Crippen LogP contribution in [0.25, 0.3) is 0 Å². The number of Topliss-reactive ketones (excluding diaryl/α,β-unsaturated/α-hetero) is 1. The van der Waals surface area contributed by atoms with Gasteiger partial charge >= 0.3 is 0 Å². The third kappa shape index (κ3) is 3.03. The van der Waals surface area contributed by atoms with Crippen LogP contribution in [0, 0.1) is 5.82 Å². The number of hydrogen-bond acceptors (Lipinski definition) is 2. The third-order valence-electron chi connectivity index (χ3n) is 2.73. The highest BCUT2D eigenvalue weighted by Crippen LogP contribution is 2.19. The van der Waals surface area contributed by atoms with Crippen molar-refractivity contribution in [3.05, 3.63) is 64.4 Å². The lowest BCUT2D eigenvalue weighted by Gasteiger charge is -2.09. The number of ketones is 1. The van der Waals surface area contributed by atoms with E-state index in [9.17, 15) is 14.0 Å². The zero-order valence-electron chi connectivity index (χ0n) is 10.6. The van der Waals surface area contributed by atoms with E-state index < -0.39 is 11.7 Å². The van der Waals surface area contributed by atoms with E-state index in [2.05, 4.69) is 5.32 Å². The highest BCUT2D eigenvalue weighted by molar-refractivity contribution is 6.30. The lowest BCUT2D eigenvalue weighted by atomic mass is 10.1. The van der Waals surface area contributed by atoms with Crippen LogP contribution in [0.1, 0.15) is 27.6 Å². The Morgan fingerprint density at radius 3 is 2.45 bits per heavy atom. The molecule has 0 saturated carbocycles. The molecule has 2 rings (SSSR count). The first-order valence-electron chi connectivity index (χ1n) is 5.85. The predicted octanol–water partition coefficient (Wildman–Crippen LogP) is 3.93. The van der Waals surface area contributed by atoms with Gasteiger partial charge in [0.15, 0.2) is 5.78 Å². The highest BCUT2D eigenvalue weighted by Gasteiger charge is 2.14. The number of halogens is 2. The van der Waals surface area contributed by atoms with E-state index in [1.807, 2.05) is 0 Å². The Balaban J connectivity index is 2.30. The van der Waals surface area contributed by atoms with Crippen LogP contribution in [-0.4, -0.2) is 11.7 Å². The van der Waals surface area contributed by atoms with E-state index in [0.29, 0.717) is 11.3 Å². The molecule has 102 valence electrons. The summed E-state index contributed by atoms with van der Waals surface area (Å²) < 4.78 is 13.7. The molecule has 0 aromatic heterocycles. The van der Waals surface area contributed by atoms with Gasteiger partial charge in [0.05, 0.1) is 11.3 Å². The first-order valence-corrected chi connectivity index (χ1v) is 6.23. The number of amides is 1. The first kappa shape index (κ1) is 14.2. The van der Waals surface area contributed by atoms with Gasteiger partial charge in [-0.15, -0.1) is 0 Å². The fraction of sp³-hybridized carbons (Fsp3) is 0.0667. The molecule has 0 aliphatic heterocycles. The molecule has 0 bridgehead atoms. The minimum absolute atomic E-state index is 0.132. The predicted molar refractivity (Wildman–Crippen MR) is 75.8 cm³/mol. The second kappa shape index (κ2) is 5.84. The SMILES string of the molecule is CC(=O)c1ccccc1NC(=O)c1ccc(Cl)cc1F. The van der Waals surface area contributed by atoms with Crippen molar-refractivity contribution in [2.24, 2.45) is 0 Å². The quantitative estimate of drug-likeness (QED) is 0.871. The van der Waals surface area contributed by atoms with Crippen LogP contribution in [-0.2, 0) is 0 Å². The summed E-state index contributed by atoms with van der Waals surface area (Å²) in [5, 5.41) is 2.74. The molecule has 0 radical (unpaired) electrons. The molecule has 0 fully saturated rings. The average molecular weight is 292 g/mol. The number of carbonyl (C=O) groups excluding carboxylic acids is 2. The number of carbonyl (C=O) groups is 2. The van der Waals surface area contributed by atoms with Crippen molar-refractivity contribution < 1.29 is 14.0 Å². The standard InChI is InChI=1S/C15H11ClFNO2/c1-9(19)11-4-2-3-5-14(11)18-15(20)12-7-6-10(16)8-13(12)17/h2-8H,1H3,(H,18,20). The fourth-order valence-electron chi connectivity index (χ4n) is 1.76. The van der Waals surface area contributed by atoms with Gasteiger partial charge in [-0.25, -0.2) is 4.39 Å². The van der Waals surface area contributed by atoms with Gasteiger partial charge in [0, 0.05) is 10.6 Å². The molecule has 2 aromatic rings. The summed E-state index contributed by atoms with van der Waals surface area (Å²) in [5.74, 6) is -1.53. The lowest BCUT2D eigenvalue weighted by Crippen LogP contribution is -2.15. The monoisotopic (exact) mass is 291 g/mol. The Morgan fingerprint density at radius 1 is 1.10 bits per heavy atom. The molecule has 0 atom stereocenters. The largest absolute Gasteiger partial charge is 0.321 e. The van der Waals surface area contributed by atoms with E-state index in [4.69, 9.17) is 11.6 Å². The van der Waals surface area contributed by atoms with E-state index >= 15 is 0 Å². The second-order valence-electron chi connectivity index (χ2n) is 4.18. The molecule has 2 aromatic carbocycles. The van der Waals surface area contributed by atoms with Crippen LogP contribution in [0.4, 0.5) is 10.1 Å². The summed E-state index contributed by atoms with van der Waals surface area (Å²) in [4.78, 5) is 23.5. The summed E-state index contributed by atoms with van der Waals surface area (Å²) in [6.07, 6.45) is 0. The van der Waals surface area contributed by atoms with E-state index in [-0.39, 0.29) is 16.4 Å². The van der Waals surface area contributed by atoms with Crippen LogP contribution in [0.2, 0.25) is 5.02 Å². The molecule has 0 aliphatic carbocycles. The molecule has 0 spiro atoms. The zero-order valence-corrected chi connectivity index (χ0v) is 11.4. The topological polar surface area (TPSA) is 46.2 Å². The Kier molecular flexibility index (Phi) is 4.15. The van der Waals surface area contributed by atoms with E-state index in [1.165, 1.54) is 19.1 Å². The molecule has 5 heteroatoms.